The van der Waals surface area contributed by atoms with Crippen molar-refractivity contribution in [2.45, 2.75) is 11.9 Å². The van der Waals surface area contributed by atoms with E-state index in [4.69, 9.17) is 0 Å². The topological polar surface area (TPSA) is 59.9 Å². The summed E-state index contributed by atoms with van der Waals surface area (Å²) in [5.41, 5.74) is 0.386. The normalized spacial score (nSPS) is 11.1. The molecule has 0 unspecified atom stereocenters. The Morgan fingerprint density at radius 1 is 1.42 bits per heavy atom. The van der Waals surface area contributed by atoms with Gasteiger partial charge in [-0.05, 0) is 6.92 Å². The Morgan fingerprint density at radius 2 is 2.00 bits per heavy atom. The predicted octanol–water partition coefficient (Wildman–Crippen LogP) is 0.702. The SMILES string of the molecule is C=CS(=O)(=O)c1nccnc1C. The number of nitrogens with zero attached hydrogens (tertiary/aromatic N) is 2. The minimum absolute atomic E-state index is 0.0278. The Hall–Kier alpha value is -1.23. The highest BCUT2D eigenvalue weighted by Gasteiger charge is 2.14. The van der Waals surface area contributed by atoms with Gasteiger partial charge in [0.05, 0.1) is 5.69 Å². The average Bonchev–Trinajstić information content (AvgIpc) is 2.05. The molecule has 0 aliphatic carbocycles. The fraction of sp³-hybridized carbons (Fsp3) is 0.143. The zero-order chi connectivity index (χ0) is 9.19. The number of hydrogen-bond donors (Lipinski definition) is 0. The van der Waals surface area contributed by atoms with E-state index in [0.29, 0.717) is 5.69 Å². The molecule has 4 nitrogen and oxygen atoms in total. The van der Waals surface area contributed by atoms with Crippen molar-refractivity contribution in [3.63, 3.8) is 0 Å². The zero-order valence-electron chi connectivity index (χ0n) is 6.56. The fourth-order valence-corrected chi connectivity index (χ4v) is 1.58. The van der Waals surface area contributed by atoms with Gasteiger partial charge in [0.25, 0.3) is 0 Å². The number of sulfone groups is 1. The molecular weight excluding hydrogens is 176 g/mol. The van der Waals surface area contributed by atoms with Crippen LogP contribution in [0.25, 0.3) is 0 Å². The molecule has 0 bridgehead atoms. The molecule has 0 aromatic carbocycles. The van der Waals surface area contributed by atoms with E-state index in [0.717, 1.165) is 5.41 Å². The molecule has 0 fully saturated rings. The molecule has 0 atom stereocenters. The molecule has 1 rings (SSSR count). The van der Waals surface area contributed by atoms with Gasteiger partial charge in [-0.2, -0.15) is 0 Å². The smallest absolute Gasteiger partial charge is 0.218 e. The third kappa shape index (κ3) is 1.50. The van der Waals surface area contributed by atoms with Crippen LogP contribution in [0.4, 0.5) is 0 Å². The van der Waals surface area contributed by atoms with Gasteiger partial charge in [0.2, 0.25) is 9.84 Å². The van der Waals surface area contributed by atoms with Gasteiger partial charge in [0.1, 0.15) is 0 Å². The monoisotopic (exact) mass is 184 g/mol. The first-order valence-corrected chi connectivity index (χ1v) is 4.77. The minimum atomic E-state index is -3.44. The van der Waals surface area contributed by atoms with E-state index in [9.17, 15) is 8.42 Å². The molecule has 0 aliphatic rings. The zero-order valence-corrected chi connectivity index (χ0v) is 7.37. The summed E-state index contributed by atoms with van der Waals surface area (Å²) in [6.07, 6.45) is 2.78. The third-order valence-electron chi connectivity index (χ3n) is 1.33. The maximum absolute atomic E-state index is 11.2. The number of aryl methyl sites for hydroxylation is 1. The highest BCUT2D eigenvalue weighted by molar-refractivity contribution is 7.94. The Morgan fingerprint density at radius 3 is 2.50 bits per heavy atom. The van der Waals surface area contributed by atoms with Crippen LogP contribution in [0.5, 0.6) is 0 Å². The molecule has 1 heterocycles. The summed E-state index contributed by atoms with van der Waals surface area (Å²) in [7, 11) is -3.44. The van der Waals surface area contributed by atoms with Crippen LogP contribution in [0.3, 0.4) is 0 Å². The molecule has 64 valence electrons. The third-order valence-corrected chi connectivity index (χ3v) is 2.70. The van der Waals surface area contributed by atoms with Gasteiger partial charge in [-0.15, -0.1) is 0 Å². The second kappa shape index (κ2) is 3.02. The van der Waals surface area contributed by atoms with Crippen molar-refractivity contribution < 1.29 is 8.42 Å². The number of rotatable bonds is 2. The van der Waals surface area contributed by atoms with E-state index in [2.05, 4.69) is 16.5 Å². The molecule has 0 saturated carbocycles. The van der Waals surface area contributed by atoms with Crippen molar-refractivity contribution in [3.05, 3.63) is 30.1 Å². The van der Waals surface area contributed by atoms with E-state index in [-0.39, 0.29) is 5.03 Å². The first kappa shape index (κ1) is 8.86. The van der Waals surface area contributed by atoms with Gasteiger partial charge in [-0.25, -0.2) is 13.4 Å². The lowest BCUT2D eigenvalue weighted by molar-refractivity contribution is 0.599. The van der Waals surface area contributed by atoms with Crippen LogP contribution < -0.4 is 0 Å². The predicted molar refractivity (Wildman–Crippen MR) is 44.2 cm³/mol. The Labute approximate surface area is 70.9 Å². The first-order chi connectivity index (χ1) is 5.58. The maximum Gasteiger partial charge on any atom is 0.218 e. The van der Waals surface area contributed by atoms with Gasteiger partial charge < -0.3 is 0 Å². The summed E-state index contributed by atoms with van der Waals surface area (Å²) in [5.74, 6) is 0. The van der Waals surface area contributed by atoms with Gasteiger partial charge in [0.15, 0.2) is 5.03 Å². The van der Waals surface area contributed by atoms with Crippen LogP contribution in [0.1, 0.15) is 5.69 Å². The van der Waals surface area contributed by atoms with Crippen LogP contribution >= 0.6 is 0 Å². The summed E-state index contributed by atoms with van der Waals surface area (Å²) >= 11 is 0. The number of aromatic nitrogens is 2. The van der Waals surface area contributed by atoms with Gasteiger partial charge in [-0.1, -0.05) is 6.58 Å². The fourth-order valence-electron chi connectivity index (χ4n) is 0.753. The Kier molecular flexibility index (Phi) is 2.23. The summed E-state index contributed by atoms with van der Waals surface area (Å²) < 4.78 is 22.4. The lowest BCUT2D eigenvalue weighted by atomic mass is 10.5. The van der Waals surface area contributed by atoms with Crippen molar-refractivity contribution in [2.24, 2.45) is 0 Å². The van der Waals surface area contributed by atoms with E-state index in [1.807, 2.05) is 0 Å². The summed E-state index contributed by atoms with van der Waals surface area (Å²) in [6, 6.07) is 0. The molecule has 12 heavy (non-hydrogen) atoms. The molecule has 0 spiro atoms. The minimum Gasteiger partial charge on any atom is -0.257 e. The molecule has 1 aromatic rings. The van der Waals surface area contributed by atoms with Crippen molar-refractivity contribution in [3.8, 4) is 0 Å². The van der Waals surface area contributed by atoms with E-state index in [1.165, 1.54) is 12.4 Å². The second-order valence-corrected chi connectivity index (χ2v) is 3.97. The van der Waals surface area contributed by atoms with E-state index >= 15 is 0 Å². The molecule has 0 saturated heterocycles. The van der Waals surface area contributed by atoms with Crippen LogP contribution in [0, 0.1) is 6.92 Å². The average molecular weight is 184 g/mol. The summed E-state index contributed by atoms with van der Waals surface area (Å²) in [6.45, 7) is 4.78. The lowest BCUT2D eigenvalue weighted by Gasteiger charge is -1.98. The van der Waals surface area contributed by atoms with E-state index in [1.54, 1.807) is 6.92 Å². The molecule has 0 N–H and O–H groups in total. The molecule has 0 radical (unpaired) electrons. The molecule has 5 heteroatoms. The van der Waals surface area contributed by atoms with Crippen molar-refractivity contribution >= 4 is 9.84 Å². The molecule has 0 aliphatic heterocycles. The van der Waals surface area contributed by atoms with Gasteiger partial charge in [0, 0.05) is 17.8 Å². The number of hydrogen-bond acceptors (Lipinski definition) is 4. The van der Waals surface area contributed by atoms with Crippen LogP contribution in [-0.4, -0.2) is 18.4 Å². The Bertz CT molecular complexity index is 398. The standard InChI is InChI=1S/C7H8N2O2S/c1-3-12(10,11)7-6(2)8-4-5-9-7/h3-5H,1H2,2H3. The van der Waals surface area contributed by atoms with Gasteiger partial charge in [-0.3, -0.25) is 4.98 Å². The molecule has 1 aromatic heterocycles. The largest absolute Gasteiger partial charge is 0.257 e. The maximum atomic E-state index is 11.2. The van der Waals surface area contributed by atoms with Crippen molar-refractivity contribution in [1.29, 1.82) is 0 Å². The van der Waals surface area contributed by atoms with Crippen LogP contribution in [0.15, 0.2) is 29.4 Å². The quantitative estimate of drug-likeness (QED) is 0.679. The Balaban J connectivity index is 3.39. The summed E-state index contributed by atoms with van der Waals surface area (Å²) in [4.78, 5) is 7.50. The van der Waals surface area contributed by atoms with Gasteiger partial charge >= 0.3 is 0 Å². The summed E-state index contributed by atoms with van der Waals surface area (Å²) in [5, 5.41) is 0.837. The molecular formula is C7H8N2O2S. The van der Waals surface area contributed by atoms with Crippen molar-refractivity contribution in [2.75, 3.05) is 0 Å². The highest BCUT2D eigenvalue weighted by atomic mass is 32.2. The first-order valence-electron chi connectivity index (χ1n) is 3.23. The van der Waals surface area contributed by atoms with Crippen LogP contribution in [0.2, 0.25) is 0 Å². The lowest BCUT2D eigenvalue weighted by Crippen LogP contribution is -2.02. The van der Waals surface area contributed by atoms with Crippen molar-refractivity contribution in [1.82, 2.24) is 9.97 Å². The molecule has 0 amide bonds. The second-order valence-electron chi connectivity index (χ2n) is 2.16. The highest BCUT2D eigenvalue weighted by Crippen LogP contribution is 2.10. The van der Waals surface area contributed by atoms with Crippen LogP contribution in [-0.2, 0) is 9.84 Å². The van der Waals surface area contributed by atoms with E-state index < -0.39 is 9.84 Å².